The van der Waals surface area contributed by atoms with Gasteiger partial charge in [-0.15, -0.1) is 11.3 Å². The summed E-state index contributed by atoms with van der Waals surface area (Å²) >= 11 is 1.68. The van der Waals surface area contributed by atoms with Crippen molar-refractivity contribution in [1.82, 2.24) is 15.1 Å². The Morgan fingerprint density at radius 3 is 2.67 bits per heavy atom. The van der Waals surface area contributed by atoms with Crippen molar-refractivity contribution >= 4 is 29.1 Å². The number of urea groups is 1. The summed E-state index contributed by atoms with van der Waals surface area (Å²) in [6, 6.07) is 11.4. The number of carbonyl (C=O) groups is 2. The van der Waals surface area contributed by atoms with Crippen molar-refractivity contribution in [3.63, 3.8) is 0 Å². The number of amides is 3. The van der Waals surface area contributed by atoms with Gasteiger partial charge in [-0.2, -0.15) is 0 Å². The molecule has 0 radical (unpaired) electrons. The van der Waals surface area contributed by atoms with Gasteiger partial charge in [-0.05, 0) is 43.2 Å². The molecule has 1 aliphatic rings. The number of hydrogen-bond acceptors (Lipinski definition) is 5. The Balaban J connectivity index is 1.49. The predicted octanol–water partition coefficient (Wildman–Crippen LogP) is 3.12. The summed E-state index contributed by atoms with van der Waals surface area (Å²) in [5.41, 5.74) is 1.70. The van der Waals surface area contributed by atoms with Gasteiger partial charge in [0.2, 0.25) is 0 Å². The van der Waals surface area contributed by atoms with Crippen LogP contribution in [0, 0.1) is 0 Å². The summed E-state index contributed by atoms with van der Waals surface area (Å²) in [6.45, 7) is 2.09. The Hall–Kier alpha value is -2.58. The van der Waals surface area contributed by atoms with Crippen molar-refractivity contribution in [1.29, 1.82) is 0 Å². The average molecular weight is 388 g/mol. The van der Waals surface area contributed by atoms with Gasteiger partial charge in [0.25, 0.3) is 0 Å². The van der Waals surface area contributed by atoms with Crippen molar-refractivity contribution in [2.75, 3.05) is 39.1 Å². The van der Waals surface area contributed by atoms with Crippen molar-refractivity contribution in [2.24, 2.45) is 0 Å². The first-order valence-electron chi connectivity index (χ1n) is 8.78. The zero-order valence-corrected chi connectivity index (χ0v) is 16.3. The minimum atomic E-state index is -0.280. The van der Waals surface area contributed by atoms with Crippen molar-refractivity contribution in [3.05, 3.63) is 52.2 Å². The summed E-state index contributed by atoms with van der Waals surface area (Å²) < 4.78 is 4.92. The molecule has 27 heavy (non-hydrogen) atoms. The van der Waals surface area contributed by atoms with Gasteiger partial charge in [-0.3, -0.25) is 0 Å². The van der Waals surface area contributed by atoms with Gasteiger partial charge in [0.1, 0.15) is 6.61 Å². The van der Waals surface area contributed by atoms with Gasteiger partial charge >= 0.3 is 12.1 Å². The number of thiophene rings is 1. The largest absolute Gasteiger partial charge is 0.448 e. The van der Waals surface area contributed by atoms with E-state index in [-0.39, 0.29) is 18.2 Å². The predicted molar refractivity (Wildman–Crippen MR) is 106 cm³/mol. The van der Waals surface area contributed by atoms with Gasteiger partial charge in [0, 0.05) is 23.7 Å². The molecule has 144 valence electrons. The van der Waals surface area contributed by atoms with Crippen LogP contribution in [0.4, 0.5) is 15.3 Å². The molecule has 0 saturated carbocycles. The highest BCUT2D eigenvalue weighted by Gasteiger charge is 2.21. The molecule has 2 heterocycles. The highest BCUT2D eigenvalue weighted by atomic mass is 32.1. The second-order valence-corrected chi connectivity index (χ2v) is 7.54. The first-order chi connectivity index (χ1) is 13.0. The fraction of sp³-hybridized carbons (Fsp3) is 0.368. The molecular formula is C19H24N4O3S. The molecule has 7 nitrogen and oxygen atoms in total. The Morgan fingerprint density at radius 2 is 2.07 bits per heavy atom. The lowest BCUT2D eigenvalue weighted by molar-refractivity contribution is 0.157. The molecule has 3 rings (SSSR count). The quantitative estimate of drug-likeness (QED) is 0.764. The van der Waals surface area contributed by atoms with Crippen LogP contribution in [0.25, 0.3) is 0 Å². The van der Waals surface area contributed by atoms with E-state index in [0.717, 1.165) is 5.56 Å². The van der Waals surface area contributed by atoms with Crippen LogP contribution < -0.4 is 10.6 Å². The molecule has 0 bridgehead atoms. The average Bonchev–Trinajstić information content (AvgIpc) is 3.29. The third-order valence-electron chi connectivity index (χ3n) is 4.38. The smallest absolute Gasteiger partial charge is 0.410 e. The van der Waals surface area contributed by atoms with Crippen LogP contribution >= 0.6 is 11.3 Å². The number of likely N-dealkylation sites (N-methyl/N-ethyl adjacent to an activating group) is 1. The molecule has 1 saturated heterocycles. The lowest BCUT2D eigenvalue weighted by Crippen LogP contribution is -2.36. The maximum absolute atomic E-state index is 12.2. The van der Waals surface area contributed by atoms with E-state index in [0.29, 0.717) is 31.9 Å². The van der Waals surface area contributed by atoms with Gasteiger partial charge in [-0.1, -0.05) is 18.2 Å². The molecule has 2 aromatic rings. The molecule has 8 heteroatoms. The normalized spacial score (nSPS) is 14.9. The minimum Gasteiger partial charge on any atom is -0.448 e. The van der Waals surface area contributed by atoms with E-state index in [2.05, 4.69) is 21.6 Å². The molecular weight excluding hydrogens is 364 g/mol. The first-order valence-corrected chi connectivity index (χ1v) is 9.66. The second-order valence-electron chi connectivity index (χ2n) is 6.56. The maximum atomic E-state index is 12.2. The van der Waals surface area contributed by atoms with Crippen molar-refractivity contribution in [2.45, 2.75) is 12.6 Å². The van der Waals surface area contributed by atoms with Gasteiger partial charge in [0.15, 0.2) is 0 Å². The maximum Gasteiger partial charge on any atom is 0.410 e. The Labute approximate surface area is 162 Å². The van der Waals surface area contributed by atoms with Crippen LogP contribution in [0.5, 0.6) is 0 Å². The van der Waals surface area contributed by atoms with Crippen LogP contribution in [-0.2, 0) is 11.3 Å². The lowest BCUT2D eigenvalue weighted by atomic mass is 10.2. The number of nitrogens with zero attached hydrogens (tertiary/aromatic N) is 2. The SMILES string of the molecule is CN(C)[C@@H](CNC(=O)Nc1ccc(CN2CCOC2=O)cc1)c1cccs1. The fourth-order valence-corrected chi connectivity index (χ4v) is 3.79. The van der Waals surface area contributed by atoms with Gasteiger partial charge in [0.05, 0.1) is 12.6 Å². The standard InChI is InChI=1S/C19H24N4O3S/c1-22(2)16(17-4-3-11-27-17)12-20-18(24)21-15-7-5-14(6-8-15)13-23-9-10-26-19(23)25/h3-8,11,16H,9-10,12-13H2,1-2H3,(H2,20,21,24)/t16-/m0/s1. The fourth-order valence-electron chi connectivity index (χ4n) is 2.87. The number of cyclic esters (lactones) is 1. The minimum absolute atomic E-state index is 0.137. The number of benzene rings is 1. The van der Waals surface area contributed by atoms with Crippen LogP contribution in [0.1, 0.15) is 16.5 Å². The van der Waals surface area contributed by atoms with E-state index >= 15 is 0 Å². The third-order valence-corrected chi connectivity index (χ3v) is 5.35. The third kappa shape index (κ3) is 5.21. The first kappa shape index (κ1) is 19.2. The van der Waals surface area contributed by atoms with E-state index in [1.165, 1.54) is 4.88 Å². The van der Waals surface area contributed by atoms with E-state index in [9.17, 15) is 9.59 Å². The van der Waals surface area contributed by atoms with Crippen LogP contribution in [0.2, 0.25) is 0 Å². The molecule has 3 amide bonds. The lowest BCUT2D eigenvalue weighted by Gasteiger charge is -2.23. The zero-order chi connectivity index (χ0) is 19.2. The number of hydrogen-bond donors (Lipinski definition) is 2. The second kappa shape index (κ2) is 8.88. The highest BCUT2D eigenvalue weighted by Crippen LogP contribution is 2.22. The van der Waals surface area contributed by atoms with E-state index in [1.807, 2.05) is 49.8 Å². The molecule has 1 atom stereocenters. The Bertz CT molecular complexity index is 762. The number of rotatable bonds is 7. The van der Waals surface area contributed by atoms with E-state index < -0.39 is 0 Å². The van der Waals surface area contributed by atoms with Crippen LogP contribution in [0.15, 0.2) is 41.8 Å². The van der Waals surface area contributed by atoms with Gasteiger partial charge in [-0.25, -0.2) is 9.59 Å². The summed E-state index contributed by atoms with van der Waals surface area (Å²) in [5, 5.41) is 7.80. The molecule has 1 aliphatic heterocycles. The number of anilines is 1. The highest BCUT2D eigenvalue weighted by molar-refractivity contribution is 7.10. The summed E-state index contributed by atoms with van der Waals surface area (Å²) in [4.78, 5) is 28.7. The van der Waals surface area contributed by atoms with E-state index in [1.54, 1.807) is 16.2 Å². The number of carbonyl (C=O) groups excluding carboxylic acids is 2. The van der Waals surface area contributed by atoms with Crippen molar-refractivity contribution in [3.8, 4) is 0 Å². The molecule has 0 spiro atoms. The van der Waals surface area contributed by atoms with E-state index in [4.69, 9.17) is 4.74 Å². The molecule has 2 N–H and O–H groups in total. The molecule has 0 unspecified atom stereocenters. The zero-order valence-electron chi connectivity index (χ0n) is 15.5. The van der Waals surface area contributed by atoms with Crippen LogP contribution in [0.3, 0.4) is 0 Å². The van der Waals surface area contributed by atoms with Crippen molar-refractivity contribution < 1.29 is 14.3 Å². The number of nitrogens with one attached hydrogen (secondary N) is 2. The molecule has 1 fully saturated rings. The Kier molecular flexibility index (Phi) is 6.31. The Morgan fingerprint density at radius 1 is 1.30 bits per heavy atom. The topological polar surface area (TPSA) is 73.9 Å². The summed E-state index contributed by atoms with van der Waals surface area (Å²) in [5.74, 6) is 0. The molecule has 1 aromatic heterocycles. The molecule has 1 aromatic carbocycles. The molecule has 0 aliphatic carbocycles. The summed E-state index contributed by atoms with van der Waals surface area (Å²) in [7, 11) is 4.00. The summed E-state index contributed by atoms with van der Waals surface area (Å²) in [6.07, 6.45) is -0.280. The number of ether oxygens (including phenoxy) is 1. The van der Waals surface area contributed by atoms with Crippen LogP contribution in [-0.4, -0.2) is 55.7 Å². The van der Waals surface area contributed by atoms with Gasteiger partial charge < -0.3 is 25.2 Å². The monoisotopic (exact) mass is 388 g/mol.